The van der Waals surface area contributed by atoms with Gasteiger partial charge in [-0.2, -0.15) is 0 Å². The van der Waals surface area contributed by atoms with Gasteiger partial charge in [-0.3, -0.25) is 0 Å². The number of unbranched alkanes of at least 4 members (excludes halogenated alkanes) is 30. The van der Waals surface area contributed by atoms with Crippen molar-refractivity contribution in [2.45, 2.75) is 311 Å². The van der Waals surface area contributed by atoms with Gasteiger partial charge >= 0.3 is 0 Å². The van der Waals surface area contributed by atoms with Crippen LogP contribution in [-0.2, 0) is 38.5 Å². The van der Waals surface area contributed by atoms with E-state index < -0.39 is 0 Å². The summed E-state index contributed by atoms with van der Waals surface area (Å²) >= 11 is 0. The summed E-state index contributed by atoms with van der Waals surface area (Å²) in [5, 5.41) is 0. The molecule has 0 bridgehead atoms. The van der Waals surface area contributed by atoms with Crippen molar-refractivity contribution in [3.8, 4) is 134 Å². The smallest absolute Gasteiger partial charge is 0.120 e. The van der Waals surface area contributed by atoms with Crippen LogP contribution in [0.3, 0.4) is 0 Å². The lowest BCUT2D eigenvalue weighted by Crippen LogP contribution is -2.04. The van der Waals surface area contributed by atoms with Gasteiger partial charge in [-0.05, 0) is 177 Å². The van der Waals surface area contributed by atoms with Crippen LogP contribution >= 0.6 is 0 Å². The van der Waals surface area contributed by atoms with E-state index in [1.165, 1.54) is 298 Å². The van der Waals surface area contributed by atoms with Crippen molar-refractivity contribution in [2.24, 2.45) is 0 Å². The molecule has 3 aromatic heterocycles. The molecule has 6 nitrogen and oxygen atoms in total. The third-order valence-electron chi connectivity index (χ3n) is 28.9. The van der Waals surface area contributed by atoms with Crippen LogP contribution in [0.5, 0.6) is 0 Å². The van der Waals surface area contributed by atoms with Crippen LogP contribution in [0, 0.1) is 0 Å². The monoisotopic (exact) mass is 1820 g/mol. The zero-order valence-corrected chi connectivity index (χ0v) is 84.1. The summed E-state index contributed by atoms with van der Waals surface area (Å²) in [6, 6.07) is 110. The van der Waals surface area contributed by atoms with Crippen LogP contribution in [0.1, 0.15) is 306 Å². The second kappa shape index (κ2) is 52.1. The molecule has 138 heavy (non-hydrogen) atoms. The SMILES string of the molecule is CCCCCCCCc1ccc(-c2ccc(-c3nc4c5nc(-c6ccc(-c7ccc(CCCCCCCC)cc7)cc6)c(-c6ccc(-c7ccc(CCCCCCCC)cc7)cc6)nc5c5nc(-c6ccc(-c7ccc(CCCCCCCC)cc7)cc6)c(-c6ccc(-c7ccc(CCCCCCCC)cc7)cc6)nc5c4nc3-c3ccc(-c4ccc(CCCCCCCC)cc4)cc3)cc2)cc1. The first kappa shape index (κ1) is 98.9. The molecule has 0 saturated carbocycles. The Bertz CT molecular complexity index is 5350. The number of nitrogens with zero attached hydrogens (tertiary/aromatic N) is 6. The van der Waals surface area contributed by atoms with Crippen molar-refractivity contribution >= 4 is 33.1 Å². The second-order valence-corrected chi connectivity index (χ2v) is 39.6. The molecule has 16 rings (SSSR count). The first-order valence-electron chi connectivity index (χ1n) is 54.2. The maximum atomic E-state index is 6.12. The lowest BCUT2D eigenvalue weighted by atomic mass is 9.96. The number of aryl methyl sites for hydroxylation is 6. The Morgan fingerprint density at radius 3 is 0.319 bits per heavy atom. The zero-order chi connectivity index (χ0) is 94.7. The molecule has 0 aliphatic rings. The molecule has 0 spiro atoms. The highest BCUT2D eigenvalue weighted by molar-refractivity contribution is 6.20. The van der Waals surface area contributed by atoms with Gasteiger partial charge in [0.1, 0.15) is 33.1 Å². The summed E-state index contributed by atoms with van der Waals surface area (Å²) in [6.07, 6.45) is 52.9. The molecule has 3 heterocycles. The number of benzene rings is 13. The lowest BCUT2D eigenvalue weighted by Gasteiger charge is -2.18. The summed E-state index contributed by atoms with van der Waals surface area (Å²) in [6.45, 7) is 13.8. The van der Waals surface area contributed by atoms with Gasteiger partial charge in [-0.1, -0.05) is 525 Å². The van der Waals surface area contributed by atoms with E-state index >= 15 is 0 Å². The first-order valence-corrected chi connectivity index (χ1v) is 54.2. The van der Waals surface area contributed by atoms with Crippen molar-refractivity contribution in [1.29, 1.82) is 0 Å². The minimum atomic E-state index is 0.595. The fourth-order valence-corrected chi connectivity index (χ4v) is 20.3. The van der Waals surface area contributed by atoms with E-state index in [0.29, 0.717) is 33.1 Å². The molecule has 0 unspecified atom stereocenters. The third-order valence-corrected chi connectivity index (χ3v) is 28.9. The van der Waals surface area contributed by atoms with E-state index in [0.717, 1.165) is 139 Å². The van der Waals surface area contributed by atoms with Gasteiger partial charge in [0.05, 0.1) is 34.2 Å². The van der Waals surface area contributed by atoms with Gasteiger partial charge in [0.2, 0.25) is 0 Å². The highest BCUT2D eigenvalue weighted by Crippen LogP contribution is 2.45. The van der Waals surface area contributed by atoms with E-state index in [9.17, 15) is 0 Å². The van der Waals surface area contributed by atoms with Crippen molar-refractivity contribution < 1.29 is 0 Å². The van der Waals surface area contributed by atoms with E-state index in [-0.39, 0.29) is 0 Å². The van der Waals surface area contributed by atoms with Crippen LogP contribution in [0.4, 0.5) is 0 Å². The number of hydrogen-bond acceptors (Lipinski definition) is 6. The van der Waals surface area contributed by atoms with Crippen LogP contribution in [0.25, 0.3) is 167 Å². The normalized spacial score (nSPS) is 11.6. The molecule has 0 aliphatic carbocycles. The molecule has 0 aliphatic heterocycles. The van der Waals surface area contributed by atoms with Crippen LogP contribution < -0.4 is 0 Å². The third kappa shape index (κ3) is 26.9. The molecule has 0 N–H and O–H groups in total. The van der Waals surface area contributed by atoms with Crippen molar-refractivity contribution in [2.75, 3.05) is 0 Å². The summed E-state index contributed by atoms with van der Waals surface area (Å²) < 4.78 is 0. The summed E-state index contributed by atoms with van der Waals surface area (Å²) in [4.78, 5) is 36.7. The number of hydrogen-bond donors (Lipinski definition) is 0. The average Bonchev–Trinajstić information content (AvgIpc) is 0.710. The van der Waals surface area contributed by atoms with Gasteiger partial charge in [0.15, 0.2) is 0 Å². The van der Waals surface area contributed by atoms with Crippen molar-refractivity contribution in [3.63, 3.8) is 0 Å². The number of fused-ring (bicyclic) bond motifs is 6. The minimum absolute atomic E-state index is 0.595. The van der Waals surface area contributed by atoms with E-state index in [4.69, 9.17) is 29.9 Å². The molecule has 0 amide bonds. The van der Waals surface area contributed by atoms with E-state index in [2.05, 4.69) is 333 Å². The topological polar surface area (TPSA) is 77.3 Å². The van der Waals surface area contributed by atoms with Crippen LogP contribution in [-0.4, -0.2) is 29.9 Å². The van der Waals surface area contributed by atoms with Crippen LogP contribution in [0.15, 0.2) is 291 Å². The summed E-state index contributed by atoms with van der Waals surface area (Å²) in [5.41, 5.74) is 35.9. The molecule has 6 heteroatoms. The fraction of sp³-hybridized carbons (Fsp3) is 0.364. The lowest BCUT2D eigenvalue weighted by molar-refractivity contribution is 0.607. The average molecular weight is 1820 g/mol. The molecular formula is C132H150N6. The largest absolute Gasteiger partial charge is 0.241 e. The Morgan fingerprint density at radius 1 is 0.109 bits per heavy atom. The molecule has 0 atom stereocenters. The molecule has 0 radical (unpaired) electrons. The maximum Gasteiger partial charge on any atom is 0.120 e. The molecule has 0 saturated heterocycles. The first-order chi connectivity index (χ1) is 68.2. The van der Waals surface area contributed by atoms with Gasteiger partial charge in [-0.25, -0.2) is 29.9 Å². The standard InChI is InChI=1S/C132H150N6/c1-7-13-19-25-31-37-43-97-49-61-103(62-50-97)109-73-85-115(86-74-109)121-122(116-87-75-110(76-88-116)104-63-51-98(52-64-104)44-38-32-26-20-14-8-2)134-128-127(133-121)129-131(137-124(118-91-79-112(80-92-118)106-67-55-100(56-68-106)46-40-34-28-22-16-10-4)123(135-129)117-89-77-111(78-90-117)105-65-53-99(54-66-105)45-39-33-27-21-15-9-3)132-130(128)136-125(119-93-81-113(82-94-119)107-69-57-101(58-70-107)47-41-35-29-23-17-11-5)126(138-132)120-95-83-114(84-96-120)108-71-59-102(60-72-108)48-42-36-30-24-18-12-6/h49-96H,7-48H2,1-6H3. The van der Waals surface area contributed by atoms with Crippen molar-refractivity contribution in [1.82, 2.24) is 29.9 Å². The Hall–Kier alpha value is -12.1. The number of rotatable bonds is 54. The highest BCUT2D eigenvalue weighted by Gasteiger charge is 2.28. The highest BCUT2D eigenvalue weighted by atomic mass is 14.9. The van der Waals surface area contributed by atoms with E-state index in [1.807, 2.05) is 0 Å². The second-order valence-electron chi connectivity index (χ2n) is 39.6. The van der Waals surface area contributed by atoms with Crippen molar-refractivity contribution in [3.05, 3.63) is 325 Å². The maximum absolute atomic E-state index is 6.12. The Balaban J connectivity index is 0.884. The van der Waals surface area contributed by atoms with Crippen LogP contribution in [0.2, 0.25) is 0 Å². The Labute approximate surface area is 827 Å². The molecule has 13 aromatic carbocycles. The van der Waals surface area contributed by atoms with Gasteiger partial charge in [0.25, 0.3) is 0 Å². The summed E-state index contributed by atoms with van der Waals surface area (Å²) in [7, 11) is 0. The molecule has 0 fully saturated rings. The minimum Gasteiger partial charge on any atom is -0.241 e. The number of aromatic nitrogens is 6. The molecule has 16 aromatic rings. The predicted molar refractivity (Wildman–Crippen MR) is 593 cm³/mol. The Morgan fingerprint density at radius 2 is 0.203 bits per heavy atom. The molecular weight excluding hydrogens is 1670 g/mol. The van der Waals surface area contributed by atoms with Gasteiger partial charge in [0, 0.05) is 33.4 Å². The molecule has 708 valence electrons. The van der Waals surface area contributed by atoms with E-state index in [1.54, 1.807) is 0 Å². The zero-order valence-electron chi connectivity index (χ0n) is 84.1. The fourth-order valence-electron chi connectivity index (χ4n) is 20.3. The quantitative estimate of drug-likeness (QED) is 0.0279. The summed E-state index contributed by atoms with van der Waals surface area (Å²) in [5.74, 6) is 0. The van der Waals surface area contributed by atoms with Gasteiger partial charge < -0.3 is 0 Å². The van der Waals surface area contributed by atoms with Gasteiger partial charge in [-0.15, -0.1) is 0 Å². The predicted octanol–water partition coefficient (Wildman–Crippen LogP) is 38.9. The Kier molecular flexibility index (Phi) is 37.3.